The molecular weight excluding hydrogens is 518 g/mol. The maximum absolute atomic E-state index is 14.3. The van der Waals surface area contributed by atoms with E-state index >= 15 is 0 Å². The first-order chi connectivity index (χ1) is 19.3. The lowest BCUT2D eigenvalue weighted by Gasteiger charge is -2.41. The van der Waals surface area contributed by atoms with E-state index in [0.717, 1.165) is 25.7 Å². The molecule has 5 aliphatic rings. The van der Waals surface area contributed by atoms with Crippen molar-refractivity contribution >= 4 is 23.6 Å². The highest BCUT2D eigenvalue weighted by atomic mass is 16.7. The summed E-state index contributed by atoms with van der Waals surface area (Å²) in [6.07, 6.45) is 9.73. The van der Waals surface area contributed by atoms with E-state index in [9.17, 15) is 19.2 Å². The topological polar surface area (TPSA) is 137 Å². The molecule has 222 valence electrons. The number of hydrogen-bond acceptors (Lipinski definition) is 9. The number of allylic oxidation sites excluding steroid dienone is 1. The summed E-state index contributed by atoms with van der Waals surface area (Å²) in [7, 11) is 1.49. The molecule has 0 aromatic carbocycles. The van der Waals surface area contributed by atoms with Gasteiger partial charge in [0.15, 0.2) is 11.5 Å². The van der Waals surface area contributed by atoms with Gasteiger partial charge in [-0.05, 0) is 6.42 Å². The quantitative estimate of drug-likeness (QED) is 0.266. The standard InChI is InChI=1S/C29H43N3O8/c1-4-5-6-7-8-9-10-11-12-13-19-24(34)23-22(26(35)29(19)39-14-15-40-29)20(17-38-27(30)36)28(37-3)25-21(16-31(23)28)32(25)18(2)33/h19-21,25H,4-17H2,1-3H3,(H2,30,36)/t19?,20-,21+,25+,28-,32?/m1/s1. The van der Waals surface area contributed by atoms with Gasteiger partial charge in [0.1, 0.15) is 12.6 Å². The average Bonchev–Trinajstić information content (AvgIpc) is 3.20. The first kappa shape index (κ1) is 29.0. The van der Waals surface area contributed by atoms with Crippen LogP contribution in [0.3, 0.4) is 0 Å². The van der Waals surface area contributed by atoms with Crippen molar-refractivity contribution < 1.29 is 38.1 Å². The summed E-state index contributed by atoms with van der Waals surface area (Å²) in [5, 5.41) is 0. The number of unbranched alkanes of at least 4 members (excludes halogenated alkanes) is 8. The van der Waals surface area contributed by atoms with Crippen LogP contribution in [0.15, 0.2) is 11.3 Å². The van der Waals surface area contributed by atoms with Gasteiger partial charge in [0.25, 0.3) is 0 Å². The van der Waals surface area contributed by atoms with E-state index in [0.29, 0.717) is 13.0 Å². The molecule has 0 bridgehead atoms. The molecule has 1 spiro atoms. The fraction of sp³-hybridized carbons (Fsp3) is 0.793. The number of primary amides is 1. The summed E-state index contributed by atoms with van der Waals surface area (Å²) in [5.41, 5.74) is 4.55. The fourth-order valence-electron chi connectivity index (χ4n) is 7.74. The van der Waals surface area contributed by atoms with Crippen LogP contribution in [0.2, 0.25) is 0 Å². The van der Waals surface area contributed by atoms with Crippen molar-refractivity contribution in [1.82, 2.24) is 9.80 Å². The molecule has 11 heteroatoms. The minimum absolute atomic E-state index is 0.120. The summed E-state index contributed by atoms with van der Waals surface area (Å²) in [4.78, 5) is 56.2. The fourth-order valence-corrected chi connectivity index (χ4v) is 7.74. The zero-order valence-electron chi connectivity index (χ0n) is 23.9. The SMILES string of the molecule is CCCCCCCCCCCC1C(=O)C2=C(C(=O)C13OCCO3)[C@@H](COC(N)=O)[C@@]1(OC)[C@@H]3[C@H](CN21)N3C(C)=O. The number of nitrogens with zero attached hydrogens (tertiary/aromatic N) is 2. The van der Waals surface area contributed by atoms with E-state index in [4.69, 9.17) is 24.7 Å². The maximum Gasteiger partial charge on any atom is 0.404 e. The Morgan fingerprint density at radius 1 is 1.00 bits per heavy atom. The van der Waals surface area contributed by atoms with Gasteiger partial charge in [0, 0.05) is 26.2 Å². The van der Waals surface area contributed by atoms with Crippen LogP contribution >= 0.6 is 0 Å². The second-order valence-corrected chi connectivity index (χ2v) is 11.7. The number of nitrogens with two attached hydrogens (primary N) is 1. The number of carbonyl (C=O) groups excluding carboxylic acids is 4. The van der Waals surface area contributed by atoms with Crippen molar-refractivity contribution in [1.29, 1.82) is 0 Å². The highest BCUT2D eigenvalue weighted by molar-refractivity contribution is 6.17. The first-order valence-electron chi connectivity index (χ1n) is 14.9. The minimum atomic E-state index is -1.70. The van der Waals surface area contributed by atoms with Gasteiger partial charge in [-0.2, -0.15) is 0 Å². The Balaban J connectivity index is 1.39. The van der Waals surface area contributed by atoms with E-state index < -0.39 is 35.2 Å². The Kier molecular flexibility index (Phi) is 8.27. The van der Waals surface area contributed by atoms with Crippen molar-refractivity contribution in [2.75, 3.05) is 33.5 Å². The van der Waals surface area contributed by atoms with Gasteiger partial charge in [-0.3, -0.25) is 14.4 Å². The second-order valence-electron chi connectivity index (χ2n) is 11.7. The monoisotopic (exact) mass is 561 g/mol. The molecule has 0 aromatic rings. The van der Waals surface area contributed by atoms with Crippen LogP contribution in [-0.2, 0) is 33.3 Å². The molecule has 5 rings (SSSR count). The number of rotatable bonds is 13. The summed E-state index contributed by atoms with van der Waals surface area (Å²) >= 11 is 0. The van der Waals surface area contributed by atoms with E-state index in [1.54, 1.807) is 4.90 Å². The number of hydrogen-bond donors (Lipinski definition) is 1. The number of ketones is 2. The molecule has 40 heavy (non-hydrogen) atoms. The molecule has 0 radical (unpaired) electrons. The zero-order chi connectivity index (χ0) is 28.7. The Morgan fingerprint density at radius 3 is 2.20 bits per heavy atom. The molecule has 2 amide bonds. The lowest BCUT2D eigenvalue weighted by atomic mass is 9.73. The first-order valence-corrected chi connectivity index (χ1v) is 14.9. The highest BCUT2D eigenvalue weighted by Gasteiger charge is 2.79. The number of Topliss-reactive ketones (excluding diaryl/α,β-unsaturated/α-hetero) is 2. The molecule has 1 unspecified atom stereocenters. The minimum Gasteiger partial charge on any atom is -0.449 e. The highest BCUT2D eigenvalue weighted by Crippen LogP contribution is 2.61. The second kappa shape index (κ2) is 11.4. The molecule has 0 aromatic heterocycles. The number of amides is 2. The van der Waals surface area contributed by atoms with Gasteiger partial charge in [-0.1, -0.05) is 64.7 Å². The van der Waals surface area contributed by atoms with Crippen molar-refractivity contribution in [3.8, 4) is 0 Å². The third-order valence-corrected chi connectivity index (χ3v) is 9.49. The molecule has 3 fully saturated rings. The summed E-state index contributed by atoms with van der Waals surface area (Å²) < 4.78 is 23.3. The van der Waals surface area contributed by atoms with Crippen molar-refractivity contribution in [3.05, 3.63) is 11.3 Å². The van der Waals surface area contributed by atoms with Crippen molar-refractivity contribution in [2.45, 2.75) is 102 Å². The molecule has 2 N–H and O–H groups in total. The van der Waals surface area contributed by atoms with E-state index in [2.05, 4.69) is 6.92 Å². The van der Waals surface area contributed by atoms with Crippen LogP contribution in [-0.4, -0.2) is 90.4 Å². The van der Waals surface area contributed by atoms with Crippen LogP contribution in [0, 0.1) is 11.8 Å². The summed E-state index contributed by atoms with van der Waals surface area (Å²) in [6.45, 7) is 4.19. The molecule has 0 saturated carbocycles. The van der Waals surface area contributed by atoms with Gasteiger partial charge in [0.2, 0.25) is 17.5 Å². The van der Waals surface area contributed by atoms with Crippen LogP contribution in [0.1, 0.15) is 78.1 Å². The summed E-state index contributed by atoms with van der Waals surface area (Å²) in [6, 6.07) is -0.545. The van der Waals surface area contributed by atoms with Crippen LogP contribution in [0.4, 0.5) is 4.79 Å². The Morgan fingerprint density at radius 2 is 1.62 bits per heavy atom. The number of carbonyl (C=O) groups is 4. The predicted octanol–water partition coefficient (Wildman–Crippen LogP) is 2.66. The van der Waals surface area contributed by atoms with Gasteiger partial charge in [-0.15, -0.1) is 0 Å². The molecule has 4 heterocycles. The van der Waals surface area contributed by atoms with E-state index in [1.807, 2.05) is 4.90 Å². The predicted molar refractivity (Wildman–Crippen MR) is 143 cm³/mol. The van der Waals surface area contributed by atoms with Crippen LogP contribution < -0.4 is 5.73 Å². The lowest BCUT2D eigenvalue weighted by molar-refractivity contribution is -0.201. The Hall–Kier alpha value is -2.50. The Labute approximate surface area is 235 Å². The number of ether oxygens (including phenoxy) is 4. The largest absolute Gasteiger partial charge is 0.449 e. The van der Waals surface area contributed by atoms with Crippen molar-refractivity contribution in [3.63, 3.8) is 0 Å². The van der Waals surface area contributed by atoms with Gasteiger partial charge in [-0.25, -0.2) is 4.79 Å². The van der Waals surface area contributed by atoms with E-state index in [1.165, 1.54) is 46.1 Å². The Bertz CT molecular complexity index is 1070. The number of fused-ring (bicyclic) bond motifs is 4. The third kappa shape index (κ3) is 4.44. The van der Waals surface area contributed by atoms with Gasteiger partial charge in [0.05, 0.1) is 36.8 Å². The average molecular weight is 562 g/mol. The number of piperazine rings is 1. The lowest BCUT2D eigenvalue weighted by Crippen LogP contribution is -2.56. The molecular formula is C29H43N3O8. The smallest absolute Gasteiger partial charge is 0.404 e. The maximum atomic E-state index is 14.3. The normalized spacial score (nSPS) is 31.6. The third-order valence-electron chi connectivity index (χ3n) is 9.49. The van der Waals surface area contributed by atoms with E-state index in [-0.39, 0.29) is 54.9 Å². The van der Waals surface area contributed by atoms with Crippen molar-refractivity contribution in [2.24, 2.45) is 17.6 Å². The molecule has 11 nitrogen and oxygen atoms in total. The van der Waals surface area contributed by atoms with Gasteiger partial charge < -0.3 is 34.5 Å². The van der Waals surface area contributed by atoms with Crippen LogP contribution in [0.5, 0.6) is 0 Å². The van der Waals surface area contributed by atoms with Gasteiger partial charge >= 0.3 is 6.09 Å². The molecule has 4 aliphatic heterocycles. The molecule has 5 atom stereocenters. The number of methoxy groups -OCH3 is 1. The van der Waals surface area contributed by atoms with Crippen LogP contribution in [0.25, 0.3) is 0 Å². The summed E-state index contributed by atoms with van der Waals surface area (Å²) in [5.74, 6) is -4.07. The molecule has 3 saturated heterocycles. The molecule has 1 aliphatic carbocycles. The zero-order valence-corrected chi connectivity index (χ0v) is 23.9.